The van der Waals surface area contributed by atoms with Crippen LogP contribution >= 0.6 is 0 Å². The molecule has 8 aliphatic rings. The zero-order chi connectivity index (χ0) is 27.1. The quantitative estimate of drug-likeness (QED) is 0.457. The maximum Gasteiger partial charge on any atom is 0.309 e. The Kier molecular flexibility index (Phi) is 3.35. The van der Waals surface area contributed by atoms with Gasteiger partial charge in [0.25, 0.3) is 0 Å². The summed E-state index contributed by atoms with van der Waals surface area (Å²) in [6.45, 7) is 11.9. The van der Waals surface area contributed by atoms with Crippen molar-refractivity contribution in [1.29, 1.82) is 0 Å². The van der Waals surface area contributed by atoms with E-state index in [-0.39, 0.29) is 48.2 Å². The summed E-state index contributed by atoms with van der Waals surface area (Å²) in [6.07, 6.45) is -2.46. The molecule has 2 saturated heterocycles. The molecule has 2 aliphatic heterocycles. The number of esters is 2. The third-order valence-corrected chi connectivity index (χ3v) is 15.6. The minimum atomic E-state index is -1.12. The average Bonchev–Trinajstić information content (AvgIpc) is 3.30. The minimum Gasteiger partial charge on any atom is -0.461 e. The van der Waals surface area contributed by atoms with Crippen LogP contribution < -0.4 is 0 Å². The van der Waals surface area contributed by atoms with Crippen molar-refractivity contribution >= 4 is 23.5 Å². The third-order valence-electron chi connectivity index (χ3n) is 15.6. The summed E-state index contributed by atoms with van der Waals surface area (Å²) in [6, 6.07) is 0. The fourth-order valence-corrected chi connectivity index (χ4v) is 15.2. The summed E-state index contributed by atoms with van der Waals surface area (Å²) in [5.74, 6) is -3.96. The van der Waals surface area contributed by atoms with Gasteiger partial charge in [-0.1, -0.05) is 41.5 Å². The fourth-order valence-electron chi connectivity index (χ4n) is 15.2. The van der Waals surface area contributed by atoms with Gasteiger partial charge in [-0.05, 0) is 34.5 Å². The van der Waals surface area contributed by atoms with Gasteiger partial charge in [-0.3, -0.25) is 19.2 Å². The Balaban J connectivity index is 1.41. The van der Waals surface area contributed by atoms with Gasteiger partial charge in [-0.15, -0.1) is 0 Å². The van der Waals surface area contributed by atoms with E-state index in [1.54, 1.807) is 13.8 Å². The van der Waals surface area contributed by atoms with Crippen molar-refractivity contribution in [2.75, 3.05) is 0 Å². The lowest BCUT2D eigenvalue weighted by atomic mass is 9.18. The van der Waals surface area contributed by atoms with Gasteiger partial charge in [-0.25, -0.2) is 0 Å². The van der Waals surface area contributed by atoms with Crippen LogP contribution in [0, 0.1) is 79.8 Å². The fraction of sp³-hybridized carbons (Fsp3) is 0.867. The van der Waals surface area contributed by atoms with Crippen molar-refractivity contribution in [3.8, 4) is 0 Å². The summed E-state index contributed by atoms with van der Waals surface area (Å²) in [4.78, 5) is 56.1. The molecule has 0 aromatic carbocycles. The monoisotopic (exact) mass is 524 g/mol. The highest BCUT2D eigenvalue weighted by atomic mass is 16.6. The smallest absolute Gasteiger partial charge is 0.309 e. The normalized spacial score (nSPS) is 71.2. The van der Waals surface area contributed by atoms with Crippen LogP contribution in [0.4, 0.5) is 0 Å². The van der Waals surface area contributed by atoms with Gasteiger partial charge in [0.2, 0.25) is 0 Å². The topological polar surface area (TPSA) is 127 Å². The van der Waals surface area contributed by atoms with E-state index in [4.69, 9.17) is 9.47 Å². The van der Waals surface area contributed by atoms with Gasteiger partial charge in [-0.2, -0.15) is 0 Å². The molecule has 0 aromatic rings. The average molecular weight is 525 g/mol. The number of rotatable bonds is 0. The molecule has 2 spiro atoms. The molecular formula is C30H36O8. The number of hydrogen-bond acceptors (Lipinski definition) is 8. The molecule has 6 saturated carbocycles. The molecule has 0 amide bonds. The molecule has 18 atom stereocenters. The first-order valence-corrected chi connectivity index (χ1v) is 14.5. The maximum absolute atomic E-state index is 15.1. The number of ketones is 2. The van der Waals surface area contributed by atoms with Crippen LogP contribution in [-0.4, -0.2) is 58.1 Å². The van der Waals surface area contributed by atoms with E-state index < -0.39 is 92.4 Å². The Morgan fingerprint density at radius 1 is 0.658 bits per heavy atom. The van der Waals surface area contributed by atoms with Crippen molar-refractivity contribution in [2.45, 2.75) is 78.8 Å². The molecule has 0 bridgehead atoms. The Hall–Kier alpha value is -1.80. The summed E-state index contributed by atoms with van der Waals surface area (Å²) >= 11 is 0. The first-order chi connectivity index (χ1) is 17.7. The standard InChI is InChI=1S/C30H36O8/c1-9-13-11(31)7-25(3)26(4)8-12(32)14-10(2)24(36)38-16(14)18-28(6)19-21(33)29(25)17(15(13)37-23(9)35)27(19,5)20(28)22(34)30(18,26)29/h9-20,31-32H,7-8H2,1-6H3/t9-,10-,11-,12-,13+,14+,15-,16-,17-,18+,19?,20?,25-,26-,27?,28?,29+,30+/m0/s1. The third kappa shape index (κ3) is 1.47. The number of hydrogen-bond donors (Lipinski definition) is 2. The van der Waals surface area contributed by atoms with Crippen LogP contribution in [0.1, 0.15) is 54.4 Å². The summed E-state index contributed by atoms with van der Waals surface area (Å²) in [5, 5.41) is 23.5. The predicted molar refractivity (Wildman–Crippen MR) is 128 cm³/mol. The lowest BCUT2D eigenvalue weighted by molar-refractivity contribution is -0.349. The van der Waals surface area contributed by atoms with Gasteiger partial charge in [0.05, 0.1) is 34.9 Å². The molecule has 2 N–H and O–H groups in total. The predicted octanol–water partition coefficient (Wildman–Crippen LogP) is 1.54. The van der Waals surface area contributed by atoms with E-state index in [1.165, 1.54) is 0 Å². The second-order valence-electron chi connectivity index (χ2n) is 15.6. The first kappa shape index (κ1) is 23.0. The van der Waals surface area contributed by atoms with Crippen molar-refractivity contribution in [1.82, 2.24) is 0 Å². The van der Waals surface area contributed by atoms with E-state index in [9.17, 15) is 19.8 Å². The highest BCUT2D eigenvalue weighted by molar-refractivity contribution is 6.14. The molecule has 38 heavy (non-hydrogen) atoms. The van der Waals surface area contributed by atoms with Gasteiger partial charge in [0, 0.05) is 35.5 Å². The molecule has 8 nitrogen and oxygen atoms in total. The Morgan fingerprint density at radius 3 is 1.34 bits per heavy atom. The Morgan fingerprint density at radius 2 is 1.00 bits per heavy atom. The number of aliphatic hydroxyl groups is 2. The summed E-state index contributed by atoms with van der Waals surface area (Å²) < 4.78 is 12.3. The lowest BCUT2D eigenvalue weighted by Crippen LogP contribution is -2.86. The molecule has 4 unspecified atom stereocenters. The molecule has 204 valence electrons. The van der Waals surface area contributed by atoms with E-state index in [1.807, 2.05) is 0 Å². The van der Waals surface area contributed by atoms with Crippen LogP contribution in [0.15, 0.2) is 0 Å². The molecule has 0 radical (unpaired) electrons. The second kappa shape index (κ2) is 5.54. The highest BCUT2D eigenvalue weighted by Gasteiger charge is 3.10. The number of carbonyl (C=O) groups is 4. The number of ether oxygens (including phenoxy) is 2. The zero-order valence-electron chi connectivity index (χ0n) is 22.7. The molecule has 8 fully saturated rings. The van der Waals surface area contributed by atoms with Crippen molar-refractivity contribution < 1.29 is 38.9 Å². The minimum absolute atomic E-state index is 0.0968. The van der Waals surface area contributed by atoms with Crippen molar-refractivity contribution in [2.24, 2.45) is 79.8 Å². The van der Waals surface area contributed by atoms with E-state index in [0.29, 0.717) is 0 Å². The molecular weight excluding hydrogens is 488 g/mol. The van der Waals surface area contributed by atoms with Gasteiger partial charge >= 0.3 is 11.9 Å². The van der Waals surface area contributed by atoms with Crippen molar-refractivity contribution in [3.05, 3.63) is 0 Å². The van der Waals surface area contributed by atoms with Crippen LogP contribution in [0.3, 0.4) is 0 Å². The molecule has 2 heterocycles. The van der Waals surface area contributed by atoms with E-state index in [2.05, 4.69) is 27.7 Å². The van der Waals surface area contributed by atoms with Gasteiger partial charge in [0.1, 0.15) is 23.8 Å². The van der Waals surface area contributed by atoms with E-state index in [0.717, 1.165) is 0 Å². The summed E-state index contributed by atoms with van der Waals surface area (Å²) in [5.41, 5.74) is -5.18. The van der Waals surface area contributed by atoms with Crippen LogP contribution in [0.25, 0.3) is 0 Å². The number of aliphatic hydroxyl groups excluding tert-OH is 2. The molecule has 0 aromatic heterocycles. The Labute approximate surface area is 221 Å². The Bertz CT molecular complexity index is 1230. The lowest BCUT2D eigenvalue weighted by Gasteiger charge is -2.82. The summed E-state index contributed by atoms with van der Waals surface area (Å²) in [7, 11) is 0. The molecule has 6 aliphatic carbocycles. The number of fused-ring (bicyclic) bond motifs is 11. The SMILES string of the molecule is C[C@@H]1C(=O)O[C@H]2[C@H]1[C@@H](O)C[C@@]1(C)[C@]3(C)C[C@H](O)[C@@H]4[C@H](OC(=O)[C@H]4C)[C@H]4C5(C)C6C(=O)[C@]17[C@H]2C6(C)C5C(=O)[C@]437. The zero-order valence-corrected chi connectivity index (χ0v) is 22.7. The highest BCUT2D eigenvalue weighted by Crippen LogP contribution is 3.04. The largest absolute Gasteiger partial charge is 0.461 e. The maximum atomic E-state index is 15.1. The van der Waals surface area contributed by atoms with E-state index >= 15 is 9.59 Å². The van der Waals surface area contributed by atoms with Crippen LogP contribution in [0.5, 0.6) is 0 Å². The first-order valence-electron chi connectivity index (χ1n) is 14.5. The van der Waals surface area contributed by atoms with Gasteiger partial charge in [0.15, 0.2) is 0 Å². The molecule has 8 heteroatoms. The van der Waals surface area contributed by atoms with Gasteiger partial charge < -0.3 is 19.7 Å². The number of carbonyl (C=O) groups excluding carboxylic acids is 4. The number of Topliss-reactive ketones (excluding diaryl/α,β-unsaturated/α-hetero) is 2. The van der Waals surface area contributed by atoms with Crippen LogP contribution in [0.2, 0.25) is 0 Å². The van der Waals surface area contributed by atoms with Crippen molar-refractivity contribution in [3.63, 3.8) is 0 Å². The van der Waals surface area contributed by atoms with Crippen LogP contribution in [-0.2, 0) is 28.7 Å². The molecule has 8 rings (SSSR count). The second-order valence-corrected chi connectivity index (χ2v) is 15.6.